The fourth-order valence-electron chi connectivity index (χ4n) is 1.18. The number of rotatable bonds is 6. The Balaban J connectivity index is 2.32. The van der Waals surface area contributed by atoms with E-state index in [-0.39, 0.29) is 12.0 Å². The van der Waals surface area contributed by atoms with Crippen LogP contribution in [0.1, 0.15) is 32.0 Å². The lowest BCUT2D eigenvalue weighted by molar-refractivity contribution is 0.134. The van der Waals surface area contributed by atoms with E-state index in [0.29, 0.717) is 18.3 Å². The van der Waals surface area contributed by atoms with Gasteiger partial charge in [0.15, 0.2) is 5.82 Å². The monoisotopic (exact) mass is 213 g/mol. The minimum Gasteiger partial charge on any atom is -0.396 e. The molecule has 1 atom stereocenters. The summed E-state index contributed by atoms with van der Waals surface area (Å²) < 4.78 is 4.96. The van der Waals surface area contributed by atoms with E-state index < -0.39 is 0 Å². The zero-order valence-corrected chi connectivity index (χ0v) is 9.58. The molecule has 0 fully saturated rings. The fraction of sp³-hybridized carbons (Fsp3) is 0.800. The van der Waals surface area contributed by atoms with Gasteiger partial charge in [-0.05, 0) is 13.3 Å². The third kappa shape index (κ3) is 3.60. The van der Waals surface area contributed by atoms with Gasteiger partial charge >= 0.3 is 0 Å². The van der Waals surface area contributed by atoms with Crippen molar-refractivity contribution in [1.29, 1.82) is 0 Å². The van der Waals surface area contributed by atoms with E-state index in [1.54, 1.807) is 6.92 Å². The number of hydrogen-bond donors (Lipinski definition) is 2. The summed E-state index contributed by atoms with van der Waals surface area (Å²) in [6.45, 7) is 7.36. The van der Waals surface area contributed by atoms with E-state index in [4.69, 9.17) is 4.52 Å². The van der Waals surface area contributed by atoms with Gasteiger partial charge in [-0.15, -0.1) is 0 Å². The van der Waals surface area contributed by atoms with Gasteiger partial charge in [0.25, 0.3) is 0 Å². The summed E-state index contributed by atoms with van der Waals surface area (Å²) in [5.41, 5.74) is -0.0743. The lowest BCUT2D eigenvalue weighted by Crippen LogP contribution is -2.34. The first-order valence-corrected chi connectivity index (χ1v) is 5.20. The molecule has 0 amide bonds. The van der Waals surface area contributed by atoms with E-state index in [1.165, 1.54) is 0 Å². The molecule has 0 aliphatic heterocycles. The molecule has 1 aromatic heterocycles. The van der Waals surface area contributed by atoms with Crippen LogP contribution < -0.4 is 5.32 Å². The van der Waals surface area contributed by atoms with Crippen LogP contribution in [0.25, 0.3) is 0 Å². The molecule has 0 aliphatic rings. The molecule has 1 unspecified atom stereocenters. The molecule has 86 valence electrons. The maximum atomic E-state index is 9.20. The smallest absolute Gasteiger partial charge is 0.240 e. The number of hydrogen-bond acceptors (Lipinski definition) is 5. The van der Waals surface area contributed by atoms with Crippen LogP contribution in [-0.4, -0.2) is 28.4 Å². The van der Waals surface area contributed by atoms with Gasteiger partial charge in [-0.3, -0.25) is 0 Å². The first-order chi connectivity index (χ1) is 7.09. The highest BCUT2D eigenvalue weighted by Gasteiger charge is 2.20. The van der Waals surface area contributed by atoms with Crippen LogP contribution in [0.5, 0.6) is 0 Å². The van der Waals surface area contributed by atoms with E-state index in [1.807, 2.05) is 6.92 Å². The Morgan fingerprint density at radius 2 is 2.27 bits per heavy atom. The first-order valence-electron chi connectivity index (χ1n) is 5.20. The van der Waals surface area contributed by atoms with Gasteiger partial charge < -0.3 is 14.9 Å². The lowest BCUT2D eigenvalue weighted by atomic mass is 9.89. The molecule has 2 N–H and O–H groups in total. The van der Waals surface area contributed by atoms with Crippen LogP contribution in [0.2, 0.25) is 0 Å². The van der Waals surface area contributed by atoms with Gasteiger partial charge in [0, 0.05) is 18.6 Å². The maximum absolute atomic E-state index is 9.20. The number of aliphatic hydroxyl groups is 1. The SMILES string of the molecule is CCC(C)(CO)CNCc1nc(C)no1. The maximum Gasteiger partial charge on any atom is 0.240 e. The lowest BCUT2D eigenvalue weighted by Gasteiger charge is -2.25. The van der Waals surface area contributed by atoms with Crippen LogP contribution in [0.15, 0.2) is 4.52 Å². The van der Waals surface area contributed by atoms with Crippen molar-refractivity contribution < 1.29 is 9.63 Å². The second-order valence-corrected chi connectivity index (χ2v) is 4.16. The summed E-state index contributed by atoms with van der Waals surface area (Å²) in [5.74, 6) is 1.23. The standard InChI is InChI=1S/C10H19N3O2/c1-4-10(3,7-14)6-11-5-9-12-8(2)13-15-9/h11,14H,4-7H2,1-3H3. The van der Waals surface area contributed by atoms with Crippen molar-refractivity contribution in [3.8, 4) is 0 Å². The quantitative estimate of drug-likeness (QED) is 0.734. The van der Waals surface area contributed by atoms with Crippen molar-refractivity contribution in [2.45, 2.75) is 33.7 Å². The third-order valence-corrected chi connectivity index (χ3v) is 2.63. The minimum atomic E-state index is -0.0743. The number of nitrogens with zero attached hydrogens (tertiary/aromatic N) is 2. The molecule has 5 heteroatoms. The van der Waals surface area contributed by atoms with Crippen molar-refractivity contribution in [2.75, 3.05) is 13.2 Å². The summed E-state index contributed by atoms with van der Waals surface area (Å²) in [6, 6.07) is 0. The Kier molecular flexibility index (Phi) is 4.23. The van der Waals surface area contributed by atoms with Gasteiger partial charge in [0.1, 0.15) is 0 Å². The molecule has 0 saturated carbocycles. The average Bonchev–Trinajstić information content (AvgIpc) is 2.64. The van der Waals surface area contributed by atoms with Crippen molar-refractivity contribution in [2.24, 2.45) is 5.41 Å². The van der Waals surface area contributed by atoms with Crippen molar-refractivity contribution in [3.05, 3.63) is 11.7 Å². The molecule has 5 nitrogen and oxygen atoms in total. The largest absolute Gasteiger partial charge is 0.396 e. The molecule has 1 rings (SSSR count). The van der Waals surface area contributed by atoms with Crippen LogP contribution in [-0.2, 0) is 6.54 Å². The fourth-order valence-corrected chi connectivity index (χ4v) is 1.18. The van der Waals surface area contributed by atoms with E-state index in [9.17, 15) is 5.11 Å². The summed E-state index contributed by atoms with van der Waals surface area (Å²) >= 11 is 0. The number of aromatic nitrogens is 2. The molecular formula is C10H19N3O2. The summed E-state index contributed by atoms with van der Waals surface area (Å²) in [7, 11) is 0. The van der Waals surface area contributed by atoms with Gasteiger partial charge in [0.2, 0.25) is 5.89 Å². The van der Waals surface area contributed by atoms with Gasteiger partial charge in [0.05, 0.1) is 6.54 Å². The third-order valence-electron chi connectivity index (χ3n) is 2.63. The Hall–Kier alpha value is -0.940. The second kappa shape index (κ2) is 5.23. The van der Waals surface area contributed by atoms with Crippen molar-refractivity contribution in [3.63, 3.8) is 0 Å². The molecule has 1 heterocycles. The van der Waals surface area contributed by atoms with Crippen molar-refractivity contribution in [1.82, 2.24) is 15.5 Å². The van der Waals surface area contributed by atoms with Gasteiger partial charge in [-0.25, -0.2) is 0 Å². The average molecular weight is 213 g/mol. The predicted octanol–water partition coefficient (Wildman–Crippen LogP) is 0.876. The summed E-state index contributed by atoms with van der Waals surface area (Å²) in [6.07, 6.45) is 0.930. The molecule has 0 radical (unpaired) electrons. The topological polar surface area (TPSA) is 71.2 Å². The van der Waals surface area contributed by atoms with Crippen LogP contribution in [0.4, 0.5) is 0 Å². The van der Waals surface area contributed by atoms with Crippen LogP contribution in [0, 0.1) is 12.3 Å². The Morgan fingerprint density at radius 3 is 2.73 bits per heavy atom. The number of aliphatic hydroxyl groups excluding tert-OH is 1. The molecular weight excluding hydrogens is 194 g/mol. The molecule has 1 aromatic rings. The molecule has 0 aromatic carbocycles. The number of nitrogens with one attached hydrogen (secondary N) is 1. The van der Waals surface area contributed by atoms with E-state index in [2.05, 4.69) is 22.4 Å². The van der Waals surface area contributed by atoms with Crippen LogP contribution in [0.3, 0.4) is 0 Å². The molecule has 0 aliphatic carbocycles. The Labute approximate surface area is 89.9 Å². The first kappa shape index (κ1) is 12.1. The van der Waals surface area contributed by atoms with Crippen molar-refractivity contribution >= 4 is 0 Å². The number of aryl methyl sites for hydroxylation is 1. The summed E-state index contributed by atoms with van der Waals surface area (Å²) in [5, 5.41) is 16.1. The molecule has 0 spiro atoms. The zero-order valence-electron chi connectivity index (χ0n) is 9.58. The van der Waals surface area contributed by atoms with Crippen LogP contribution >= 0.6 is 0 Å². The molecule has 0 saturated heterocycles. The Morgan fingerprint density at radius 1 is 1.53 bits per heavy atom. The highest BCUT2D eigenvalue weighted by Crippen LogP contribution is 2.18. The zero-order chi connectivity index (χ0) is 11.3. The Bertz CT molecular complexity index is 295. The summed E-state index contributed by atoms with van der Waals surface area (Å²) in [4.78, 5) is 4.08. The predicted molar refractivity (Wildman–Crippen MR) is 56.2 cm³/mol. The van der Waals surface area contributed by atoms with Gasteiger partial charge in [-0.2, -0.15) is 4.98 Å². The van der Waals surface area contributed by atoms with Gasteiger partial charge in [-0.1, -0.05) is 19.0 Å². The second-order valence-electron chi connectivity index (χ2n) is 4.16. The highest BCUT2D eigenvalue weighted by atomic mass is 16.5. The minimum absolute atomic E-state index is 0.0743. The molecule has 15 heavy (non-hydrogen) atoms. The van der Waals surface area contributed by atoms with E-state index in [0.717, 1.165) is 13.0 Å². The highest BCUT2D eigenvalue weighted by molar-refractivity contribution is 4.83. The molecule has 0 bridgehead atoms. The van der Waals surface area contributed by atoms with E-state index >= 15 is 0 Å². The normalized spacial score (nSPS) is 15.2.